The van der Waals surface area contributed by atoms with Crippen molar-refractivity contribution in [3.05, 3.63) is 36.0 Å². The number of benzene rings is 1. The Bertz CT molecular complexity index is 599. The molecule has 2 rings (SSSR count). The highest BCUT2D eigenvalue weighted by Crippen LogP contribution is 2.26. The lowest BCUT2D eigenvalue weighted by Crippen LogP contribution is -2.12. The zero-order chi connectivity index (χ0) is 14.4. The van der Waals surface area contributed by atoms with Crippen LogP contribution in [-0.4, -0.2) is 35.8 Å². The topological polar surface area (TPSA) is 71.5 Å². The number of anilines is 1. The number of rotatable bonds is 6. The standard InChI is InChI=1S/C15H18N2O3/c1-2-20-15(19)12-10-17-13-7-4-3-6-11(13)14(12)16-8-5-9-18/h3-4,6-7,10,18H,2,5,8-9H2,1H3,(H,16,17). The number of nitrogens with zero attached hydrogens (tertiary/aromatic N) is 1. The van der Waals surface area contributed by atoms with Crippen LogP contribution < -0.4 is 5.32 Å². The van der Waals surface area contributed by atoms with Crippen molar-refractivity contribution >= 4 is 22.6 Å². The molecule has 0 fully saturated rings. The molecule has 0 saturated heterocycles. The minimum Gasteiger partial charge on any atom is -0.462 e. The number of carbonyl (C=O) groups is 1. The molecule has 0 bridgehead atoms. The molecule has 5 heteroatoms. The van der Waals surface area contributed by atoms with Gasteiger partial charge >= 0.3 is 5.97 Å². The Labute approximate surface area is 117 Å². The summed E-state index contributed by atoms with van der Waals surface area (Å²) < 4.78 is 5.06. The van der Waals surface area contributed by atoms with Crippen molar-refractivity contribution in [2.45, 2.75) is 13.3 Å². The fourth-order valence-electron chi connectivity index (χ4n) is 1.99. The lowest BCUT2D eigenvalue weighted by atomic mass is 10.1. The first-order valence-corrected chi connectivity index (χ1v) is 6.67. The first kappa shape index (κ1) is 14.3. The van der Waals surface area contributed by atoms with Crippen molar-refractivity contribution in [1.29, 1.82) is 0 Å². The van der Waals surface area contributed by atoms with Crippen LogP contribution >= 0.6 is 0 Å². The summed E-state index contributed by atoms with van der Waals surface area (Å²) in [5.74, 6) is -0.391. The largest absolute Gasteiger partial charge is 0.462 e. The van der Waals surface area contributed by atoms with E-state index in [4.69, 9.17) is 9.84 Å². The Hall–Kier alpha value is -2.14. The summed E-state index contributed by atoms with van der Waals surface area (Å²) in [4.78, 5) is 16.3. The second-order valence-electron chi connectivity index (χ2n) is 4.29. The van der Waals surface area contributed by atoms with Gasteiger partial charge in [-0.05, 0) is 19.4 Å². The number of para-hydroxylation sites is 1. The molecule has 1 aromatic heterocycles. The van der Waals surface area contributed by atoms with Crippen molar-refractivity contribution in [1.82, 2.24) is 4.98 Å². The van der Waals surface area contributed by atoms with E-state index in [-0.39, 0.29) is 6.61 Å². The number of ether oxygens (including phenoxy) is 1. The van der Waals surface area contributed by atoms with E-state index in [2.05, 4.69) is 10.3 Å². The third kappa shape index (κ3) is 3.05. The molecule has 2 aromatic rings. The van der Waals surface area contributed by atoms with Crippen LogP contribution in [0.5, 0.6) is 0 Å². The molecule has 0 unspecified atom stereocenters. The summed E-state index contributed by atoms with van der Waals surface area (Å²) in [5, 5.41) is 12.9. The van der Waals surface area contributed by atoms with Gasteiger partial charge in [-0.25, -0.2) is 4.79 Å². The van der Waals surface area contributed by atoms with Gasteiger partial charge in [-0.1, -0.05) is 18.2 Å². The number of aliphatic hydroxyl groups excluding tert-OH is 1. The zero-order valence-electron chi connectivity index (χ0n) is 11.4. The van der Waals surface area contributed by atoms with Crippen LogP contribution in [0.1, 0.15) is 23.7 Å². The molecular formula is C15H18N2O3. The van der Waals surface area contributed by atoms with Gasteiger partial charge < -0.3 is 15.2 Å². The van der Waals surface area contributed by atoms with Crippen molar-refractivity contribution < 1.29 is 14.6 Å². The number of carbonyl (C=O) groups excluding carboxylic acids is 1. The Morgan fingerprint density at radius 2 is 2.20 bits per heavy atom. The van der Waals surface area contributed by atoms with Crippen LogP contribution in [-0.2, 0) is 4.74 Å². The Kier molecular flexibility index (Phi) is 4.90. The van der Waals surface area contributed by atoms with E-state index in [0.717, 1.165) is 10.9 Å². The van der Waals surface area contributed by atoms with E-state index in [1.54, 1.807) is 6.92 Å². The monoisotopic (exact) mass is 274 g/mol. The molecule has 0 amide bonds. The number of hydrogen-bond donors (Lipinski definition) is 2. The number of aromatic nitrogens is 1. The summed E-state index contributed by atoms with van der Waals surface area (Å²) in [7, 11) is 0. The maximum Gasteiger partial charge on any atom is 0.341 e. The number of nitrogens with one attached hydrogen (secondary N) is 1. The minimum atomic E-state index is -0.391. The van der Waals surface area contributed by atoms with Crippen LogP contribution in [0.4, 0.5) is 5.69 Å². The van der Waals surface area contributed by atoms with Crippen LogP contribution in [0.15, 0.2) is 30.5 Å². The Morgan fingerprint density at radius 3 is 2.95 bits per heavy atom. The smallest absolute Gasteiger partial charge is 0.341 e. The van der Waals surface area contributed by atoms with Gasteiger partial charge in [0.15, 0.2) is 0 Å². The van der Waals surface area contributed by atoms with Gasteiger partial charge in [0.2, 0.25) is 0 Å². The number of aliphatic hydroxyl groups is 1. The first-order chi connectivity index (χ1) is 9.77. The highest BCUT2D eigenvalue weighted by Gasteiger charge is 2.15. The quantitative estimate of drug-likeness (QED) is 0.624. The molecule has 1 aromatic carbocycles. The third-order valence-electron chi connectivity index (χ3n) is 2.91. The second-order valence-corrected chi connectivity index (χ2v) is 4.29. The van der Waals surface area contributed by atoms with Gasteiger partial charge in [-0.3, -0.25) is 4.98 Å². The molecule has 20 heavy (non-hydrogen) atoms. The van der Waals surface area contributed by atoms with E-state index in [1.807, 2.05) is 24.3 Å². The molecule has 1 heterocycles. The molecule has 5 nitrogen and oxygen atoms in total. The zero-order valence-corrected chi connectivity index (χ0v) is 11.4. The van der Waals surface area contributed by atoms with E-state index in [0.29, 0.717) is 30.8 Å². The maximum atomic E-state index is 12.0. The molecule has 0 atom stereocenters. The predicted octanol–water partition coefficient (Wildman–Crippen LogP) is 2.21. The fraction of sp³-hybridized carbons (Fsp3) is 0.333. The average molecular weight is 274 g/mol. The molecule has 0 saturated carbocycles. The molecule has 106 valence electrons. The van der Waals surface area contributed by atoms with Crippen molar-refractivity contribution in [3.8, 4) is 0 Å². The van der Waals surface area contributed by atoms with Gasteiger partial charge in [0.25, 0.3) is 0 Å². The number of fused-ring (bicyclic) bond motifs is 1. The second kappa shape index (κ2) is 6.86. The third-order valence-corrected chi connectivity index (χ3v) is 2.91. The Morgan fingerprint density at radius 1 is 1.40 bits per heavy atom. The number of pyridine rings is 1. The molecule has 0 spiro atoms. The SMILES string of the molecule is CCOC(=O)c1cnc2ccccc2c1NCCCO. The van der Waals surface area contributed by atoms with E-state index < -0.39 is 5.97 Å². The van der Waals surface area contributed by atoms with E-state index in [9.17, 15) is 4.79 Å². The molecule has 0 aliphatic heterocycles. The average Bonchev–Trinajstić information content (AvgIpc) is 2.47. The summed E-state index contributed by atoms with van der Waals surface area (Å²) in [6, 6.07) is 7.60. The molecule has 0 aliphatic rings. The lowest BCUT2D eigenvalue weighted by molar-refractivity contribution is 0.0527. The lowest BCUT2D eigenvalue weighted by Gasteiger charge is -2.13. The molecule has 2 N–H and O–H groups in total. The van der Waals surface area contributed by atoms with Crippen LogP contribution in [0.25, 0.3) is 10.9 Å². The van der Waals surface area contributed by atoms with E-state index in [1.165, 1.54) is 6.20 Å². The fourth-order valence-corrected chi connectivity index (χ4v) is 1.99. The normalized spacial score (nSPS) is 10.5. The summed E-state index contributed by atoms with van der Waals surface area (Å²) in [5.41, 5.74) is 1.94. The highest BCUT2D eigenvalue weighted by atomic mass is 16.5. The van der Waals surface area contributed by atoms with Gasteiger partial charge in [0.1, 0.15) is 5.56 Å². The Balaban J connectivity index is 2.44. The highest BCUT2D eigenvalue weighted by molar-refractivity contribution is 6.04. The van der Waals surface area contributed by atoms with Crippen LogP contribution in [0.2, 0.25) is 0 Å². The van der Waals surface area contributed by atoms with Crippen LogP contribution in [0, 0.1) is 0 Å². The summed E-state index contributed by atoms with van der Waals surface area (Å²) in [6.07, 6.45) is 2.14. The van der Waals surface area contributed by atoms with Gasteiger partial charge in [-0.2, -0.15) is 0 Å². The molecular weight excluding hydrogens is 256 g/mol. The number of hydrogen-bond acceptors (Lipinski definition) is 5. The van der Waals surface area contributed by atoms with Crippen molar-refractivity contribution in [2.75, 3.05) is 25.1 Å². The summed E-state index contributed by atoms with van der Waals surface area (Å²) >= 11 is 0. The first-order valence-electron chi connectivity index (χ1n) is 6.67. The predicted molar refractivity (Wildman–Crippen MR) is 77.9 cm³/mol. The van der Waals surface area contributed by atoms with E-state index >= 15 is 0 Å². The van der Waals surface area contributed by atoms with Gasteiger partial charge in [-0.15, -0.1) is 0 Å². The van der Waals surface area contributed by atoms with Crippen molar-refractivity contribution in [3.63, 3.8) is 0 Å². The molecule has 0 aliphatic carbocycles. The van der Waals surface area contributed by atoms with Gasteiger partial charge in [0.05, 0.1) is 17.8 Å². The minimum absolute atomic E-state index is 0.102. The summed E-state index contributed by atoms with van der Waals surface area (Å²) in [6.45, 7) is 2.77. The van der Waals surface area contributed by atoms with Gasteiger partial charge in [0, 0.05) is 24.7 Å². The molecule has 0 radical (unpaired) electrons. The number of esters is 1. The van der Waals surface area contributed by atoms with Crippen LogP contribution in [0.3, 0.4) is 0 Å². The van der Waals surface area contributed by atoms with Crippen molar-refractivity contribution in [2.24, 2.45) is 0 Å². The maximum absolute atomic E-state index is 12.0.